The number of nitrogens with one attached hydrogen (secondary N) is 2. The summed E-state index contributed by atoms with van der Waals surface area (Å²) in [6.07, 6.45) is 2.43. The third-order valence-corrected chi connectivity index (χ3v) is 4.92. The van der Waals surface area contributed by atoms with Gasteiger partial charge < -0.3 is 15.5 Å². The Morgan fingerprint density at radius 2 is 2.08 bits per heavy atom. The van der Waals surface area contributed by atoms with Gasteiger partial charge in [-0.1, -0.05) is 30.3 Å². The highest BCUT2D eigenvalue weighted by Crippen LogP contribution is 2.28. The monoisotopic (exact) mass is 351 g/mol. The normalized spacial score (nSPS) is 25.0. The molecule has 1 aromatic rings. The average molecular weight is 352 g/mol. The van der Waals surface area contributed by atoms with E-state index in [0.29, 0.717) is 13.0 Å². The van der Waals surface area contributed by atoms with Crippen LogP contribution in [0.3, 0.4) is 0 Å². The van der Waals surface area contributed by atoms with Crippen molar-refractivity contribution in [3.05, 3.63) is 35.9 Å². The van der Waals surface area contributed by atoms with Crippen LogP contribution in [0.25, 0.3) is 0 Å². The van der Waals surface area contributed by atoms with Crippen LogP contribution >= 0.6 is 12.4 Å². The number of hydrogen-bond donors (Lipinski definition) is 2. The van der Waals surface area contributed by atoms with E-state index in [9.17, 15) is 9.59 Å². The fourth-order valence-corrected chi connectivity index (χ4v) is 3.49. The van der Waals surface area contributed by atoms with Crippen LogP contribution in [-0.4, -0.2) is 42.4 Å². The maximum absolute atomic E-state index is 12.4. The van der Waals surface area contributed by atoms with Crippen molar-refractivity contribution in [1.82, 2.24) is 15.5 Å². The molecule has 0 spiro atoms. The summed E-state index contributed by atoms with van der Waals surface area (Å²) in [5, 5.41) is 6.40. The molecular formula is C18H26ClN3O2. The number of carbonyl (C=O) groups is 2. The third-order valence-electron chi connectivity index (χ3n) is 4.92. The Labute approximate surface area is 149 Å². The standard InChI is InChI=1S/C18H25N3O2.ClH/c1-13(14-6-3-2-4-7-14)21-12-15(10-17(21)22)18(23)20-16-8-5-9-19-11-16;/h2-4,6-7,13,15-16,19H,5,8-12H2,1H3,(H,20,23);1H/t13?,15?,16-;/m0./s1. The van der Waals surface area contributed by atoms with Crippen LogP contribution in [0.5, 0.6) is 0 Å². The molecule has 132 valence electrons. The number of hydrogen-bond acceptors (Lipinski definition) is 3. The zero-order chi connectivity index (χ0) is 16.2. The molecule has 0 aliphatic carbocycles. The topological polar surface area (TPSA) is 61.4 Å². The quantitative estimate of drug-likeness (QED) is 0.870. The average Bonchev–Trinajstić information content (AvgIpc) is 2.98. The van der Waals surface area contributed by atoms with E-state index in [4.69, 9.17) is 0 Å². The summed E-state index contributed by atoms with van der Waals surface area (Å²) in [6, 6.07) is 10.2. The summed E-state index contributed by atoms with van der Waals surface area (Å²) in [5.74, 6) is -0.131. The number of rotatable bonds is 4. The second-order valence-corrected chi connectivity index (χ2v) is 6.59. The predicted octanol–water partition coefficient (Wildman–Crippen LogP) is 1.89. The van der Waals surface area contributed by atoms with Crippen molar-refractivity contribution in [3.8, 4) is 0 Å². The second-order valence-electron chi connectivity index (χ2n) is 6.59. The molecule has 2 unspecified atom stereocenters. The zero-order valence-electron chi connectivity index (χ0n) is 14.0. The molecule has 3 rings (SSSR count). The van der Waals surface area contributed by atoms with Crippen LogP contribution in [0, 0.1) is 5.92 Å². The van der Waals surface area contributed by atoms with Crippen molar-refractivity contribution in [1.29, 1.82) is 0 Å². The van der Waals surface area contributed by atoms with Gasteiger partial charge in [-0.2, -0.15) is 0 Å². The second kappa shape index (κ2) is 8.49. The van der Waals surface area contributed by atoms with E-state index in [1.165, 1.54) is 0 Å². The van der Waals surface area contributed by atoms with Crippen LogP contribution in [0.15, 0.2) is 30.3 Å². The fourth-order valence-electron chi connectivity index (χ4n) is 3.49. The Hall–Kier alpha value is -1.59. The van der Waals surface area contributed by atoms with Crippen molar-refractivity contribution in [3.63, 3.8) is 0 Å². The summed E-state index contributed by atoms with van der Waals surface area (Å²) in [4.78, 5) is 26.6. The predicted molar refractivity (Wildman–Crippen MR) is 96.0 cm³/mol. The van der Waals surface area contributed by atoms with Gasteiger partial charge in [-0.15, -0.1) is 12.4 Å². The molecule has 0 radical (unpaired) electrons. The lowest BCUT2D eigenvalue weighted by Crippen LogP contribution is -2.47. The lowest BCUT2D eigenvalue weighted by Gasteiger charge is -2.26. The van der Waals surface area contributed by atoms with Gasteiger partial charge in [-0.25, -0.2) is 0 Å². The smallest absolute Gasteiger partial charge is 0.225 e. The van der Waals surface area contributed by atoms with Gasteiger partial charge in [0.25, 0.3) is 0 Å². The van der Waals surface area contributed by atoms with Crippen molar-refractivity contribution in [2.45, 2.75) is 38.3 Å². The van der Waals surface area contributed by atoms with Crippen molar-refractivity contribution >= 4 is 24.2 Å². The fraction of sp³-hybridized carbons (Fsp3) is 0.556. The Bertz CT molecular complexity index is 561. The maximum atomic E-state index is 12.4. The van der Waals surface area contributed by atoms with Crippen LogP contribution in [-0.2, 0) is 9.59 Å². The minimum atomic E-state index is -0.226. The van der Waals surface area contributed by atoms with E-state index < -0.39 is 0 Å². The zero-order valence-corrected chi connectivity index (χ0v) is 14.8. The number of benzene rings is 1. The molecule has 2 fully saturated rings. The molecule has 2 heterocycles. The molecule has 2 amide bonds. The van der Waals surface area contributed by atoms with Crippen LogP contribution < -0.4 is 10.6 Å². The molecule has 0 bridgehead atoms. The van der Waals surface area contributed by atoms with Gasteiger partial charge in [-0.05, 0) is 31.9 Å². The Morgan fingerprint density at radius 3 is 2.75 bits per heavy atom. The van der Waals surface area contributed by atoms with Crippen LogP contribution in [0.4, 0.5) is 0 Å². The third kappa shape index (κ3) is 4.28. The van der Waals surface area contributed by atoms with E-state index in [1.807, 2.05) is 42.2 Å². The Morgan fingerprint density at radius 1 is 1.33 bits per heavy atom. The first-order valence-corrected chi connectivity index (χ1v) is 8.50. The van der Waals surface area contributed by atoms with Gasteiger partial charge in [-0.3, -0.25) is 9.59 Å². The molecule has 2 saturated heterocycles. The van der Waals surface area contributed by atoms with Crippen molar-refractivity contribution in [2.24, 2.45) is 5.92 Å². The van der Waals surface area contributed by atoms with Gasteiger partial charge in [0.15, 0.2) is 0 Å². The van der Waals surface area contributed by atoms with Crippen LogP contribution in [0.1, 0.15) is 37.8 Å². The summed E-state index contributed by atoms with van der Waals surface area (Å²) < 4.78 is 0. The number of nitrogens with zero attached hydrogens (tertiary/aromatic N) is 1. The molecule has 2 aliphatic heterocycles. The molecule has 0 saturated carbocycles. The minimum Gasteiger partial charge on any atom is -0.352 e. The molecule has 3 atom stereocenters. The molecule has 24 heavy (non-hydrogen) atoms. The molecule has 0 aromatic heterocycles. The molecule has 2 N–H and O–H groups in total. The molecule has 5 nitrogen and oxygen atoms in total. The van der Waals surface area contributed by atoms with E-state index in [-0.39, 0.29) is 42.2 Å². The van der Waals surface area contributed by atoms with E-state index >= 15 is 0 Å². The molecule has 1 aromatic carbocycles. The molecule has 2 aliphatic rings. The Balaban J connectivity index is 0.00000208. The number of piperidine rings is 1. The van der Waals surface area contributed by atoms with Gasteiger partial charge in [0.1, 0.15) is 0 Å². The highest BCUT2D eigenvalue weighted by Gasteiger charge is 2.37. The number of amides is 2. The minimum absolute atomic E-state index is 0. The Kier molecular flexibility index (Phi) is 6.63. The van der Waals surface area contributed by atoms with E-state index in [2.05, 4.69) is 10.6 Å². The first-order chi connectivity index (χ1) is 11.1. The van der Waals surface area contributed by atoms with E-state index in [1.54, 1.807) is 0 Å². The van der Waals surface area contributed by atoms with E-state index in [0.717, 1.165) is 31.5 Å². The largest absolute Gasteiger partial charge is 0.352 e. The lowest BCUT2D eigenvalue weighted by atomic mass is 10.0. The van der Waals surface area contributed by atoms with Gasteiger partial charge >= 0.3 is 0 Å². The SMILES string of the molecule is CC(c1ccccc1)N1CC(C(=O)N[C@H]2CCCNC2)CC1=O.Cl. The maximum Gasteiger partial charge on any atom is 0.225 e. The van der Waals surface area contributed by atoms with Gasteiger partial charge in [0, 0.05) is 25.6 Å². The van der Waals surface area contributed by atoms with Gasteiger partial charge in [0.2, 0.25) is 11.8 Å². The highest BCUT2D eigenvalue weighted by molar-refractivity contribution is 5.89. The van der Waals surface area contributed by atoms with Crippen molar-refractivity contribution in [2.75, 3.05) is 19.6 Å². The molecule has 6 heteroatoms. The summed E-state index contributed by atoms with van der Waals surface area (Å²) in [6.45, 7) is 4.40. The number of halogens is 1. The number of likely N-dealkylation sites (tertiary alicyclic amines) is 1. The first-order valence-electron chi connectivity index (χ1n) is 8.50. The summed E-state index contributed by atoms with van der Waals surface area (Å²) in [5.41, 5.74) is 1.11. The summed E-state index contributed by atoms with van der Waals surface area (Å²) in [7, 11) is 0. The van der Waals surface area contributed by atoms with Gasteiger partial charge in [0.05, 0.1) is 12.0 Å². The summed E-state index contributed by atoms with van der Waals surface area (Å²) >= 11 is 0. The lowest BCUT2D eigenvalue weighted by molar-refractivity contribution is -0.130. The van der Waals surface area contributed by atoms with Crippen LogP contribution in [0.2, 0.25) is 0 Å². The van der Waals surface area contributed by atoms with Crippen molar-refractivity contribution < 1.29 is 9.59 Å². The first kappa shape index (κ1) is 18.7. The highest BCUT2D eigenvalue weighted by atomic mass is 35.5. The number of carbonyl (C=O) groups excluding carboxylic acids is 2. The molecular weight excluding hydrogens is 326 g/mol.